The molecule has 2 aromatic carbocycles. The minimum absolute atomic E-state index is 0.255. The highest BCUT2D eigenvalue weighted by atomic mass is 19.4. The van der Waals surface area contributed by atoms with E-state index in [0.29, 0.717) is 19.6 Å². The van der Waals surface area contributed by atoms with Gasteiger partial charge in [0.1, 0.15) is 0 Å². The Hall–Kier alpha value is -3.86. The molecule has 1 saturated heterocycles. The summed E-state index contributed by atoms with van der Waals surface area (Å²) in [6.07, 6.45) is -2.05. The average molecular weight is 533 g/mol. The first-order valence-electron chi connectivity index (χ1n) is 12.0. The summed E-state index contributed by atoms with van der Waals surface area (Å²) in [4.78, 5) is 37.9. The predicted molar refractivity (Wildman–Crippen MR) is 136 cm³/mol. The van der Waals surface area contributed by atoms with Crippen molar-refractivity contribution in [1.29, 1.82) is 0 Å². The van der Waals surface area contributed by atoms with Crippen molar-refractivity contribution >= 4 is 28.7 Å². The van der Waals surface area contributed by atoms with E-state index in [9.17, 15) is 22.8 Å². The molecule has 4 rings (SSSR count). The summed E-state index contributed by atoms with van der Waals surface area (Å²) in [5.74, 6) is -3.47. The number of hydrogen-bond acceptors (Lipinski definition) is 4. The van der Waals surface area contributed by atoms with Crippen LogP contribution in [0.1, 0.15) is 29.0 Å². The van der Waals surface area contributed by atoms with Gasteiger partial charge in [-0.15, -0.1) is 0 Å². The Bertz CT molecular complexity index is 1300. The molecule has 3 aromatic rings. The first-order chi connectivity index (χ1) is 17.9. The van der Waals surface area contributed by atoms with Crippen LogP contribution in [0.25, 0.3) is 10.9 Å². The SMILES string of the molecule is CN(C)Cc1cccc(CNC(=O)C(=O)N2CCC(c3cn(C)c4ccccc34)C2)c1.O=C(O)C(F)(F)F. The fraction of sp³-hybridized carbons (Fsp3) is 0.370. The number of carbonyl (C=O) groups is 3. The summed E-state index contributed by atoms with van der Waals surface area (Å²) in [6.45, 7) is 2.38. The van der Waals surface area contributed by atoms with Gasteiger partial charge in [0.05, 0.1) is 0 Å². The van der Waals surface area contributed by atoms with Crippen LogP contribution in [0.5, 0.6) is 0 Å². The van der Waals surface area contributed by atoms with Crippen molar-refractivity contribution in [1.82, 2.24) is 19.7 Å². The first-order valence-corrected chi connectivity index (χ1v) is 12.0. The van der Waals surface area contributed by atoms with Gasteiger partial charge < -0.3 is 24.8 Å². The lowest BCUT2D eigenvalue weighted by atomic mass is 9.98. The third kappa shape index (κ3) is 7.34. The van der Waals surface area contributed by atoms with E-state index < -0.39 is 24.0 Å². The van der Waals surface area contributed by atoms with Crippen molar-refractivity contribution in [3.8, 4) is 0 Å². The van der Waals surface area contributed by atoms with E-state index in [0.717, 1.165) is 18.5 Å². The van der Waals surface area contributed by atoms with Crippen molar-refractivity contribution < 1.29 is 32.7 Å². The Morgan fingerprint density at radius 3 is 2.39 bits per heavy atom. The van der Waals surface area contributed by atoms with Crippen LogP contribution in [-0.4, -0.2) is 70.6 Å². The molecule has 1 unspecified atom stereocenters. The van der Waals surface area contributed by atoms with Gasteiger partial charge >= 0.3 is 24.0 Å². The number of halogens is 3. The number of carboxylic acids is 1. The summed E-state index contributed by atoms with van der Waals surface area (Å²) < 4.78 is 33.9. The van der Waals surface area contributed by atoms with Crippen LogP contribution in [0.4, 0.5) is 13.2 Å². The van der Waals surface area contributed by atoms with Crippen molar-refractivity contribution in [3.05, 3.63) is 71.4 Å². The largest absolute Gasteiger partial charge is 0.490 e. The lowest BCUT2D eigenvalue weighted by molar-refractivity contribution is -0.192. The van der Waals surface area contributed by atoms with Gasteiger partial charge in [-0.25, -0.2) is 4.79 Å². The fourth-order valence-electron chi connectivity index (χ4n) is 4.50. The van der Waals surface area contributed by atoms with Crippen LogP contribution in [0.3, 0.4) is 0 Å². The number of fused-ring (bicyclic) bond motifs is 1. The molecule has 1 fully saturated rings. The lowest BCUT2D eigenvalue weighted by Gasteiger charge is -2.16. The maximum atomic E-state index is 12.7. The third-order valence-corrected chi connectivity index (χ3v) is 6.22. The van der Waals surface area contributed by atoms with Gasteiger partial charge in [0.25, 0.3) is 0 Å². The Balaban J connectivity index is 0.000000505. The zero-order valence-corrected chi connectivity index (χ0v) is 21.5. The van der Waals surface area contributed by atoms with Gasteiger partial charge in [-0.1, -0.05) is 42.5 Å². The minimum atomic E-state index is -5.08. The summed E-state index contributed by atoms with van der Waals surface area (Å²) in [5, 5.41) is 11.1. The van der Waals surface area contributed by atoms with Crippen molar-refractivity contribution in [2.75, 3.05) is 27.2 Å². The average Bonchev–Trinajstić information content (AvgIpc) is 3.47. The Kier molecular flexibility index (Phi) is 9.16. The molecule has 38 heavy (non-hydrogen) atoms. The molecule has 0 radical (unpaired) electrons. The number of likely N-dealkylation sites (tertiary alicyclic amines) is 1. The van der Waals surface area contributed by atoms with Gasteiger partial charge in [-0.05, 0) is 43.3 Å². The number of aromatic nitrogens is 1. The Labute approximate surface area is 218 Å². The predicted octanol–water partition coefficient (Wildman–Crippen LogP) is 3.51. The molecular weight excluding hydrogens is 501 g/mol. The van der Waals surface area contributed by atoms with E-state index in [1.807, 2.05) is 45.4 Å². The normalized spacial score (nSPS) is 15.3. The second kappa shape index (κ2) is 12.1. The van der Waals surface area contributed by atoms with E-state index in [4.69, 9.17) is 9.90 Å². The molecule has 11 heteroatoms. The molecule has 0 saturated carbocycles. The molecular formula is C27H31F3N4O4. The second-order valence-electron chi connectivity index (χ2n) is 9.49. The number of para-hydroxylation sites is 1. The number of nitrogens with one attached hydrogen (secondary N) is 1. The molecule has 2 N–H and O–H groups in total. The van der Waals surface area contributed by atoms with Gasteiger partial charge in [0.15, 0.2) is 0 Å². The highest BCUT2D eigenvalue weighted by molar-refractivity contribution is 6.35. The van der Waals surface area contributed by atoms with Gasteiger partial charge in [-0.3, -0.25) is 9.59 Å². The Morgan fingerprint density at radius 2 is 1.74 bits per heavy atom. The minimum Gasteiger partial charge on any atom is -0.475 e. The number of aryl methyl sites for hydroxylation is 1. The molecule has 1 atom stereocenters. The number of rotatable bonds is 5. The first kappa shape index (κ1) is 28.7. The fourth-order valence-corrected chi connectivity index (χ4v) is 4.50. The number of aliphatic carboxylic acids is 1. The zero-order valence-electron chi connectivity index (χ0n) is 21.5. The van der Waals surface area contributed by atoms with E-state index in [1.165, 1.54) is 22.0 Å². The molecule has 0 bridgehead atoms. The van der Waals surface area contributed by atoms with Crippen molar-refractivity contribution in [2.24, 2.45) is 7.05 Å². The van der Waals surface area contributed by atoms with Crippen molar-refractivity contribution in [3.63, 3.8) is 0 Å². The third-order valence-electron chi connectivity index (χ3n) is 6.22. The molecule has 1 aliphatic rings. The maximum absolute atomic E-state index is 12.7. The number of hydrogen-bond donors (Lipinski definition) is 2. The van der Waals surface area contributed by atoms with Gasteiger partial charge in [-0.2, -0.15) is 13.2 Å². The zero-order chi connectivity index (χ0) is 28.0. The van der Waals surface area contributed by atoms with E-state index in [-0.39, 0.29) is 5.92 Å². The smallest absolute Gasteiger partial charge is 0.475 e. The van der Waals surface area contributed by atoms with E-state index in [2.05, 4.69) is 45.2 Å². The molecule has 0 aliphatic carbocycles. The number of carboxylic acid groups (broad SMARTS) is 1. The number of carbonyl (C=O) groups excluding carboxylic acids is 2. The molecule has 1 aliphatic heterocycles. The molecule has 2 amide bonds. The lowest BCUT2D eigenvalue weighted by Crippen LogP contribution is -2.41. The number of benzene rings is 2. The summed E-state index contributed by atoms with van der Waals surface area (Å²) >= 11 is 0. The number of nitrogens with zero attached hydrogens (tertiary/aromatic N) is 3. The topological polar surface area (TPSA) is 94.9 Å². The van der Waals surface area contributed by atoms with Crippen LogP contribution in [0.2, 0.25) is 0 Å². The maximum Gasteiger partial charge on any atom is 0.490 e. The van der Waals surface area contributed by atoms with Crippen LogP contribution in [0, 0.1) is 0 Å². The van der Waals surface area contributed by atoms with Crippen LogP contribution >= 0.6 is 0 Å². The quantitative estimate of drug-likeness (QED) is 0.491. The summed E-state index contributed by atoms with van der Waals surface area (Å²) in [5.41, 5.74) is 4.62. The van der Waals surface area contributed by atoms with Crippen LogP contribution in [-0.2, 0) is 34.5 Å². The van der Waals surface area contributed by atoms with Gasteiger partial charge in [0, 0.05) is 56.2 Å². The number of alkyl halides is 3. The Morgan fingerprint density at radius 1 is 1.08 bits per heavy atom. The molecule has 0 spiro atoms. The highest BCUT2D eigenvalue weighted by Gasteiger charge is 2.38. The van der Waals surface area contributed by atoms with Crippen LogP contribution < -0.4 is 5.32 Å². The monoisotopic (exact) mass is 532 g/mol. The number of amides is 2. The summed E-state index contributed by atoms with van der Waals surface area (Å²) in [6, 6.07) is 16.4. The molecule has 8 nitrogen and oxygen atoms in total. The van der Waals surface area contributed by atoms with E-state index >= 15 is 0 Å². The van der Waals surface area contributed by atoms with Crippen LogP contribution in [0.15, 0.2) is 54.7 Å². The second-order valence-corrected chi connectivity index (χ2v) is 9.49. The standard InChI is InChI=1S/C25H30N4O2.C2HF3O2/c1-27(2)15-19-8-6-7-18(13-19)14-26-24(30)25(31)29-12-11-20(16-29)22-17-28(3)23-10-5-4-9-21(22)23;3-2(4,5)1(6)7/h4-10,13,17,20H,11-12,14-16H2,1-3H3,(H,26,30);(H,6,7). The highest BCUT2D eigenvalue weighted by Crippen LogP contribution is 2.33. The van der Waals surface area contributed by atoms with Crippen molar-refractivity contribution in [2.45, 2.75) is 31.6 Å². The molecule has 1 aromatic heterocycles. The van der Waals surface area contributed by atoms with E-state index in [1.54, 1.807) is 4.90 Å². The summed E-state index contributed by atoms with van der Waals surface area (Å²) in [7, 11) is 6.09. The molecule has 2 heterocycles. The van der Waals surface area contributed by atoms with Gasteiger partial charge in [0.2, 0.25) is 0 Å². The molecule has 204 valence electrons.